The number of piperazine rings is 1. The zero-order valence-corrected chi connectivity index (χ0v) is 17.2. The highest BCUT2D eigenvalue weighted by molar-refractivity contribution is 6.01. The Morgan fingerprint density at radius 3 is 2.59 bits per heavy atom. The van der Waals surface area contributed by atoms with E-state index in [1.165, 1.54) is 0 Å². The van der Waals surface area contributed by atoms with E-state index in [1.54, 1.807) is 6.08 Å². The number of hydrogen-bond acceptors (Lipinski definition) is 4. The molecule has 6 nitrogen and oxygen atoms in total. The van der Waals surface area contributed by atoms with Gasteiger partial charge in [0.1, 0.15) is 11.6 Å². The molecule has 0 saturated carbocycles. The van der Waals surface area contributed by atoms with E-state index >= 15 is 0 Å². The Balaban J connectivity index is 1.87. The molecule has 0 atom stereocenters. The van der Waals surface area contributed by atoms with E-state index in [1.807, 2.05) is 13.0 Å². The Bertz CT molecular complexity index is 705. The molecule has 27 heavy (non-hydrogen) atoms. The molecule has 148 valence electrons. The second-order valence-corrected chi connectivity index (χ2v) is 7.40. The van der Waals surface area contributed by atoms with Crippen molar-refractivity contribution >= 4 is 12.0 Å². The summed E-state index contributed by atoms with van der Waals surface area (Å²) in [5.41, 5.74) is 3.38. The molecule has 1 aliphatic heterocycles. The average molecular weight is 372 g/mol. The Labute approximate surface area is 163 Å². The maximum atomic E-state index is 12.4. The number of carbonyl (C=O) groups excluding carboxylic acids is 1. The summed E-state index contributed by atoms with van der Waals surface area (Å²) in [5.74, 6) is -0.281. The van der Waals surface area contributed by atoms with Crippen LogP contribution in [-0.4, -0.2) is 66.6 Å². The van der Waals surface area contributed by atoms with Crippen LogP contribution in [0.5, 0.6) is 0 Å². The predicted octanol–water partition coefficient (Wildman–Crippen LogP) is 2.18. The molecule has 1 fully saturated rings. The second kappa shape index (κ2) is 10.3. The smallest absolute Gasteiger partial charge is 0.261 e. The predicted molar refractivity (Wildman–Crippen MR) is 109 cm³/mol. The lowest BCUT2D eigenvalue weighted by Gasteiger charge is -2.32. The van der Waals surface area contributed by atoms with Gasteiger partial charge in [-0.2, -0.15) is 5.26 Å². The molecule has 0 aliphatic carbocycles. The standard InChI is InChI=1S/C21H33N5O/c1-5-8-26-17(2)14-19(18(26)3)15-20(16-22)21(27)23-7-6-9-25-12-10-24(4)11-13-25/h14-15H,5-13H2,1-4H3,(H,23,27)/b20-15+. The lowest BCUT2D eigenvalue weighted by atomic mass is 10.1. The van der Waals surface area contributed by atoms with Crippen LogP contribution in [-0.2, 0) is 11.3 Å². The SMILES string of the molecule is CCCn1c(C)cc(/C=C(\C#N)C(=O)NCCCN2CCN(C)CC2)c1C. The largest absolute Gasteiger partial charge is 0.351 e. The Morgan fingerprint density at radius 2 is 1.96 bits per heavy atom. The minimum Gasteiger partial charge on any atom is -0.351 e. The van der Waals surface area contributed by atoms with Gasteiger partial charge in [0.05, 0.1) is 0 Å². The van der Waals surface area contributed by atoms with Crippen molar-refractivity contribution < 1.29 is 4.79 Å². The Kier molecular flexibility index (Phi) is 8.08. The molecule has 6 heteroatoms. The van der Waals surface area contributed by atoms with Crippen molar-refractivity contribution in [1.82, 2.24) is 19.7 Å². The number of amides is 1. The highest BCUT2D eigenvalue weighted by Crippen LogP contribution is 2.18. The van der Waals surface area contributed by atoms with Crippen molar-refractivity contribution in [2.75, 3.05) is 46.3 Å². The third-order valence-corrected chi connectivity index (χ3v) is 5.26. The van der Waals surface area contributed by atoms with Gasteiger partial charge in [0.15, 0.2) is 0 Å². The van der Waals surface area contributed by atoms with Crippen LogP contribution in [0.15, 0.2) is 11.6 Å². The van der Waals surface area contributed by atoms with Gasteiger partial charge in [-0.1, -0.05) is 6.92 Å². The van der Waals surface area contributed by atoms with Crippen molar-refractivity contribution in [3.63, 3.8) is 0 Å². The molecule has 1 aromatic heterocycles. The number of carbonyl (C=O) groups is 1. The fourth-order valence-electron chi connectivity index (χ4n) is 3.52. The first-order valence-electron chi connectivity index (χ1n) is 9.93. The van der Waals surface area contributed by atoms with E-state index in [2.05, 4.69) is 46.6 Å². The van der Waals surface area contributed by atoms with Crippen LogP contribution in [0, 0.1) is 25.2 Å². The zero-order chi connectivity index (χ0) is 19.8. The van der Waals surface area contributed by atoms with Gasteiger partial charge in [0.2, 0.25) is 0 Å². The monoisotopic (exact) mass is 371 g/mol. The third kappa shape index (κ3) is 5.95. The van der Waals surface area contributed by atoms with Gasteiger partial charge in [-0.05, 0) is 58.0 Å². The van der Waals surface area contributed by atoms with Gasteiger partial charge in [0.25, 0.3) is 5.91 Å². The van der Waals surface area contributed by atoms with Gasteiger partial charge >= 0.3 is 0 Å². The Morgan fingerprint density at radius 1 is 1.26 bits per heavy atom. The van der Waals surface area contributed by atoms with E-state index in [4.69, 9.17) is 0 Å². The summed E-state index contributed by atoms with van der Waals surface area (Å²) in [7, 11) is 2.15. The highest BCUT2D eigenvalue weighted by Gasteiger charge is 2.14. The van der Waals surface area contributed by atoms with Gasteiger partial charge in [-0.15, -0.1) is 0 Å². The summed E-state index contributed by atoms with van der Waals surface area (Å²) in [5, 5.41) is 12.3. The van der Waals surface area contributed by atoms with E-state index in [-0.39, 0.29) is 11.5 Å². The fraction of sp³-hybridized carbons (Fsp3) is 0.619. The van der Waals surface area contributed by atoms with Crippen molar-refractivity contribution in [2.45, 2.75) is 40.2 Å². The molecule has 1 amide bonds. The molecular formula is C21H33N5O. The summed E-state index contributed by atoms with van der Waals surface area (Å²) in [6, 6.07) is 4.10. The number of rotatable bonds is 8. The normalized spacial score (nSPS) is 16.3. The second-order valence-electron chi connectivity index (χ2n) is 7.40. The first-order chi connectivity index (χ1) is 13.0. The van der Waals surface area contributed by atoms with Crippen LogP contribution >= 0.6 is 0 Å². The van der Waals surface area contributed by atoms with Gasteiger partial charge in [0, 0.05) is 50.7 Å². The first-order valence-corrected chi connectivity index (χ1v) is 9.93. The third-order valence-electron chi connectivity index (χ3n) is 5.26. The van der Waals surface area contributed by atoms with Gasteiger partial charge in [-0.3, -0.25) is 4.79 Å². The van der Waals surface area contributed by atoms with Gasteiger partial charge < -0.3 is 19.7 Å². The minimum atomic E-state index is -0.281. The van der Waals surface area contributed by atoms with Crippen LogP contribution in [0.25, 0.3) is 6.08 Å². The topological polar surface area (TPSA) is 64.3 Å². The van der Waals surface area contributed by atoms with E-state index in [9.17, 15) is 10.1 Å². The summed E-state index contributed by atoms with van der Waals surface area (Å²) in [6.07, 6.45) is 3.67. The lowest BCUT2D eigenvalue weighted by Crippen LogP contribution is -2.45. The van der Waals surface area contributed by atoms with Crippen molar-refractivity contribution in [2.24, 2.45) is 0 Å². The number of nitrogens with zero attached hydrogens (tertiary/aromatic N) is 4. The van der Waals surface area contributed by atoms with Crippen LogP contribution in [0.1, 0.15) is 36.7 Å². The van der Waals surface area contributed by atoms with Crippen molar-refractivity contribution in [1.29, 1.82) is 5.26 Å². The van der Waals surface area contributed by atoms with Gasteiger partial charge in [-0.25, -0.2) is 0 Å². The van der Waals surface area contributed by atoms with Crippen LogP contribution < -0.4 is 5.32 Å². The molecule has 0 aromatic carbocycles. The highest BCUT2D eigenvalue weighted by atomic mass is 16.1. The maximum absolute atomic E-state index is 12.4. The van der Waals surface area contributed by atoms with E-state index in [0.29, 0.717) is 6.54 Å². The molecule has 2 rings (SSSR count). The number of likely N-dealkylation sites (N-methyl/N-ethyl adjacent to an activating group) is 1. The van der Waals surface area contributed by atoms with Crippen LogP contribution in [0.4, 0.5) is 0 Å². The van der Waals surface area contributed by atoms with E-state index < -0.39 is 0 Å². The number of nitrogens with one attached hydrogen (secondary N) is 1. The number of aryl methyl sites for hydroxylation is 1. The summed E-state index contributed by atoms with van der Waals surface area (Å²) in [4.78, 5) is 17.1. The quantitative estimate of drug-likeness (QED) is 0.432. The molecule has 1 N–H and O–H groups in total. The minimum absolute atomic E-state index is 0.173. The molecular weight excluding hydrogens is 338 g/mol. The molecule has 1 saturated heterocycles. The molecule has 1 aliphatic rings. The fourth-order valence-corrected chi connectivity index (χ4v) is 3.52. The molecule has 0 unspecified atom stereocenters. The van der Waals surface area contributed by atoms with E-state index in [0.717, 1.165) is 69.1 Å². The maximum Gasteiger partial charge on any atom is 0.261 e. The molecule has 1 aromatic rings. The summed E-state index contributed by atoms with van der Waals surface area (Å²) < 4.78 is 2.23. The lowest BCUT2D eigenvalue weighted by molar-refractivity contribution is -0.117. The number of aromatic nitrogens is 1. The number of hydrogen-bond donors (Lipinski definition) is 1. The zero-order valence-electron chi connectivity index (χ0n) is 17.2. The molecule has 0 spiro atoms. The first kappa shape index (κ1) is 21.2. The van der Waals surface area contributed by atoms with Crippen LogP contribution in [0.2, 0.25) is 0 Å². The van der Waals surface area contributed by atoms with Crippen LogP contribution in [0.3, 0.4) is 0 Å². The average Bonchev–Trinajstić information content (AvgIpc) is 2.92. The van der Waals surface area contributed by atoms with Crippen molar-refractivity contribution in [3.8, 4) is 6.07 Å². The molecule has 0 bridgehead atoms. The number of nitriles is 1. The van der Waals surface area contributed by atoms with Crippen molar-refractivity contribution in [3.05, 3.63) is 28.6 Å². The Hall–Kier alpha value is -2.10. The summed E-state index contributed by atoms with van der Waals surface area (Å²) in [6.45, 7) is 13.1. The summed E-state index contributed by atoms with van der Waals surface area (Å²) >= 11 is 0. The molecule has 2 heterocycles. The molecule has 0 radical (unpaired) electrons.